The van der Waals surface area contributed by atoms with Crippen molar-refractivity contribution in [1.82, 2.24) is 0 Å². The molecule has 1 aliphatic rings. The summed E-state index contributed by atoms with van der Waals surface area (Å²) in [6, 6.07) is 0. The number of allylic oxidation sites excluding steroid dienone is 2. The van der Waals surface area contributed by atoms with Crippen molar-refractivity contribution in [2.75, 3.05) is 6.61 Å². The summed E-state index contributed by atoms with van der Waals surface area (Å²) in [7, 11) is 0. The Kier molecular flexibility index (Phi) is 4.33. The molecule has 0 aromatic carbocycles. The van der Waals surface area contributed by atoms with Crippen LogP contribution < -0.4 is 0 Å². The number of aliphatic hydroxyl groups is 1. The lowest BCUT2D eigenvalue weighted by Crippen LogP contribution is -2.29. The third-order valence-corrected chi connectivity index (χ3v) is 3.92. The molecule has 0 saturated carbocycles. The Labute approximate surface area is 86.6 Å². The highest BCUT2D eigenvalue weighted by atomic mass is 32.1. The van der Waals surface area contributed by atoms with Gasteiger partial charge >= 0.3 is 0 Å². The summed E-state index contributed by atoms with van der Waals surface area (Å²) in [5.74, 6) is 1.94. The molecule has 0 radical (unpaired) electrons. The molecular weight excluding hydrogens is 180 g/mol. The highest BCUT2D eigenvalue weighted by Crippen LogP contribution is 2.34. The maximum atomic E-state index is 9.03. The summed E-state index contributed by atoms with van der Waals surface area (Å²) in [6.07, 6.45) is 6.86. The van der Waals surface area contributed by atoms with E-state index in [-0.39, 0.29) is 11.9 Å². The van der Waals surface area contributed by atoms with Gasteiger partial charge < -0.3 is 5.11 Å². The van der Waals surface area contributed by atoms with E-state index in [2.05, 4.69) is 38.6 Å². The zero-order chi connectivity index (χ0) is 9.84. The molecule has 4 atom stereocenters. The maximum Gasteiger partial charge on any atom is 0.0550 e. The molecular formula is C11H20OS. The summed E-state index contributed by atoms with van der Waals surface area (Å²) >= 11 is 4.40. The molecule has 1 nitrogen and oxygen atoms in total. The van der Waals surface area contributed by atoms with Crippen LogP contribution in [0.2, 0.25) is 0 Å². The average Bonchev–Trinajstić information content (AvgIpc) is 2.16. The smallest absolute Gasteiger partial charge is 0.0550 e. The average molecular weight is 200 g/mol. The van der Waals surface area contributed by atoms with E-state index >= 15 is 0 Å². The van der Waals surface area contributed by atoms with Crippen LogP contribution in [0.15, 0.2) is 12.2 Å². The Balaban J connectivity index is 2.54. The molecule has 0 aromatic heterocycles. The predicted octanol–water partition coefficient (Wildman–Crippen LogP) is 2.52. The van der Waals surface area contributed by atoms with Crippen LogP contribution in [0.3, 0.4) is 0 Å². The van der Waals surface area contributed by atoms with Crippen molar-refractivity contribution < 1.29 is 5.11 Å². The Morgan fingerprint density at radius 2 is 2.08 bits per heavy atom. The minimum absolute atomic E-state index is 0.138. The molecule has 2 heteroatoms. The first-order chi connectivity index (χ1) is 6.16. The molecule has 0 saturated heterocycles. The van der Waals surface area contributed by atoms with E-state index in [0.29, 0.717) is 11.8 Å². The van der Waals surface area contributed by atoms with Gasteiger partial charge in [0.05, 0.1) is 6.61 Å². The lowest BCUT2D eigenvalue weighted by molar-refractivity contribution is 0.198. The third kappa shape index (κ3) is 2.75. The van der Waals surface area contributed by atoms with Crippen LogP contribution in [0.5, 0.6) is 0 Å². The van der Waals surface area contributed by atoms with E-state index in [0.717, 1.165) is 12.3 Å². The fourth-order valence-corrected chi connectivity index (χ4v) is 2.38. The molecule has 0 aliphatic heterocycles. The predicted molar refractivity (Wildman–Crippen MR) is 60.1 cm³/mol. The van der Waals surface area contributed by atoms with Crippen LogP contribution in [0.4, 0.5) is 0 Å². The minimum atomic E-state index is 0.138. The van der Waals surface area contributed by atoms with E-state index in [4.69, 9.17) is 5.11 Å². The normalized spacial score (nSPS) is 32.9. The van der Waals surface area contributed by atoms with Gasteiger partial charge in [-0.05, 0) is 30.6 Å². The lowest BCUT2D eigenvalue weighted by Gasteiger charge is -2.33. The van der Waals surface area contributed by atoms with Crippen LogP contribution in [-0.4, -0.2) is 17.0 Å². The van der Waals surface area contributed by atoms with Crippen molar-refractivity contribution in [3.05, 3.63) is 12.2 Å². The quantitative estimate of drug-likeness (QED) is 0.530. The second-order valence-electron chi connectivity index (χ2n) is 4.19. The Morgan fingerprint density at radius 3 is 2.62 bits per heavy atom. The monoisotopic (exact) mass is 200 g/mol. The standard InChI is InChI=1S/C11H20OS/c1-8-5-3-4-6-10(8)9(2)11(13)7-12/h3-4,8-13H,5-7H2,1-2H3/t8-,9+,10-,11?/m0/s1. The summed E-state index contributed by atoms with van der Waals surface area (Å²) in [5.41, 5.74) is 0. The molecule has 76 valence electrons. The van der Waals surface area contributed by atoms with Gasteiger partial charge in [-0.1, -0.05) is 26.0 Å². The van der Waals surface area contributed by atoms with Crippen LogP contribution >= 0.6 is 12.6 Å². The van der Waals surface area contributed by atoms with Crippen molar-refractivity contribution in [3.8, 4) is 0 Å². The highest BCUT2D eigenvalue weighted by Gasteiger charge is 2.27. The first-order valence-corrected chi connectivity index (χ1v) is 5.62. The largest absolute Gasteiger partial charge is 0.395 e. The summed E-state index contributed by atoms with van der Waals surface area (Å²) in [5, 5.41) is 9.17. The molecule has 1 unspecified atom stereocenters. The SMILES string of the molecule is C[C@H]1CC=CC[C@@H]1[C@@H](C)C(S)CO. The van der Waals surface area contributed by atoms with Gasteiger partial charge in [-0.2, -0.15) is 12.6 Å². The van der Waals surface area contributed by atoms with Crippen LogP contribution in [0.1, 0.15) is 26.7 Å². The molecule has 0 fully saturated rings. The van der Waals surface area contributed by atoms with Crippen molar-refractivity contribution in [2.24, 2.45) is 17.8 Å². The summed E-state index contributed by atoms with van der Waals surface area (Å²) in [4.78, 5) is 0. The molecule has 0 aromatic rings. The number of aliphatic hydroxyl groups excluding tert-OH is 1. The van der Waals surface area contributed by atoms with E-state index in [1.165, 1.54) is 6.42 Å². The van der Waals surface area contributed by atoms with Gasteiger partial charge in [0.1, 0.15) is 0 Å². The van der Waals surface area contributed by atoms with Gasteiger partial charge in [0.15, 0.2) is 0 Å². The zero-order valence-corrected chi connectivity index (χ0v) is 9.37. The van der Waals surface area contributed by atoms with E-state index in [9.17, 15) is 0 Å². The number of thiol groups is 1. The molecule has 0 bridgehead atoms. The van der Waals surface area contributed by atoms with Crippen LogP contribution in [-0.2, 0) is 0 Å². The molecule has 1 aliphatic carbocycles. The number of hydrogen-bond acceptors (Lipinski definition) is 2. The van der Waals surface area contributed by atoms with Gasteiger partial charge in [-0.25, -0.2) is 0 Å². The van der Waals surface area contributed by atoms with E-state index in [1.54, 1.807) is 0 Å². The second kappa shape index (κ2) is 5.06. The maximum absolute atomic E-state index is 9.03. The molecule has 13 heavy (non-hydrogen) atoms. The van der Waals surface area contributed by atoms with Gasteiger partial charge in [0.25, 0.3) is 0 Å². The summed E-state index contributed by atoms with van der Waals surface area (Å²) in [6.45, 7) is 4.69. The van der Waals surface area contributed by atoms with Gasteiger partial charge in [-0.3, -0.25) is 0 Å². The van der Waals surface area contributed by atoms with Crippen molar-refractivity contribution in [1.29, 1.82) is 0 Å². The Morgan fingerprint density at radius 1 is 1.46 bits per heavy atom. The highest BCUT2D eigenvalue weighted by molar-refractivity contribution is 7.81. The van der Waals surface area contributed by atoms with E-state index in [1.807, 2.05) is 0 Å². The fourth-order valence-electron chi connectivity index (χ4n) is 2.16. The number of rotatable bonds is 3. The van der Waals surface area contributed by atoms with Crippen LogP contribution in [0.25, 0.3) is 0 Å². The Hall–Kier alpha value is 0.0500. The van der Waals surface area contributed by atoms with Crippen molar-refractivity contribution >= 4 is 12.6 Å². The minimum Gasteiger partial charge on any atom is -0.395 e. The first kappa shape index (κ1) is 11.1. The molecule has 0 amide bonds. The molecule has 0 spiro atoms. The second-order valence-corrected chi connectivity index (χ2v) is 4.86. The molecule has 1 rings (SSSR count). The summed E-state index contributed by atoms with van der Waals surface area (Å²) < 4.78 is 0. The molecule has 0 heterocycles. The number of hydrogen-bond donors (Lipinski definition) is 2. The van der Waals surface area contributed by atoms with Crippen LogP contribution in [0, 0.1) is 17.8 Å². The first-order valence-electron chi connectivity index (χ1n) is 5.10. The third-order valence-electron chi connectivity index (χ3n) is 3.28. The van der Waals surface area contributed by atoms with E-state index < -0.39 is 0 Å². The van der Waals surface area contributed by atoms with Gasteiger partial charge in [0.2, 0.25) is 0 Å². The lowest BCUT2D eigenvalue weighted by atomic mass is 9.75. The fraction of sp³-hybridized carbons (Fsp3) is 0.818. The Bertz CT molecular complexity index is 179. The van der Waals surface area contributed by atoms with Gasteiger partial charge in [-0.15, -0.1) is 0 Å². The van der Waals surface area contributed by atoms with Crippen molar-refractivity contribution in [3.63, 3.8) is 0 Å². The zero-order valence-electron chi connectivity index (χ0n) is 8.48. The van der Waals surface area contributed by atoms with Crippen molar-refractivity contribution in [2.45, 2.75) is 31.9 Å². The van der Waals surface area contributed by atoms with Gasteiger partial charge in [0, 0.05) is 5.25 Å². The topological polar surface area (TPSA) is 20.2 Å². The molecule has 1 N–H and O–H groups in total.